The minimum atomic E-state index is -1.70. The first-order valence-corrected chi connectivity index (χ1v) is 9.25. The highest BCUT2D eigenvalue weighted by Crippen LogP contribution is 2.33. The minimum absolute atomic E-state index is 0.104. The standard InChI is InChI=1S/C19H30N2O7/c1-7-26-13(22)10-11(4)20-16-14(17(23)27-8-2)12(5)21-19(6,25)15(16)18(24)28-9-3/h10,15-16,20-21,25H,7-9H2,1-6H3/b11-10+/t15-,16-,19-/m1/s1. The summed E-state index contributed by atoms with van der Waals surface area (Å²) in [5, 5.41) is 16.6. The van der Waals surface area contributed by atoms with Gasteiger partial charge in [-0.05, 0) is 41.5 Å². The first kappa shape index (κ1) is 23.5. The summed E-state index contributed by atoms with van der Waals surface area (Å²) in [6.45, 7) is 10.0. The van der Waals surface area contributed by atoms with Gasteiger partial charge in [0.1, 0.15) is 11.6 Å². The Bertz CT molecular complexity index is 667. The minimum Gasteiger partial charge on any atom is -0.466 e. The van der Waals surface area contributed by atoms with Crippen LogP contribution in [-0.2, 0) is 28.6 Å². The van der Waals surface area contributed by atoms with Gasteiger partial charge in [0, 0.05) is 17.5 Å². The quantitative estimate of drug-likeness (QED) is 0.308. The van der Waals surface area contributed by atoms with Gasteiger partial charge in [0.25, 0.3) is 0 Å². The third-order valence-electron chi connectivity index (χ3n) is 4.13. The Balaban J connectivity index is 3.41. The molecule has 0 fully saturated rings. The number of nitrogens with one attached hydrogen (secondary N) is 2. The largest absolute Gasteiger partial charge is 0.466 e. The van der Waals surface area contributed by atoms with E-state index in [9.17, 15) is 19.5 Å². The molecule has 158 valence electrons. The van der Waals surface area contributed by atoms with Crippen molar-refractivity contribution in [2.45, 2.75) is 53.3 Å². The van der Waals surface area contributed by atoms with E-state index >= 15 is 0 Å². The number of esters is 3. The van der Waals surface area contributed by atoms with Crippen LogP contribution < -0.4 is 10.6 Å². The lowest BCUT2D eigenvalue weighted by Gasteiger charge is -2.43. The van der Waals surface area contributed by atoms with Crippen LogP contribution in [0.2, 0.25) is 0 Å². The number of rotatable bonds is 8. The lowest BCUT2D eigenvalue weighted by molar-refractivity contribution is -0.162. The highest BCUT2D eigenvalue weighted by molar-refractivity contribution is 5.93. The van der Waals surface area contributed by atoms with Crippen molar-refractivity contribution in [3.05, 3.63) is 23.0 Å². The summed E-state index contributed by atoms with van der Waals surface area (Å²) in [4.78, 5) is 36.9. The van der Waals surface area contributed by atoms with Crippen LogP contribution in [0.1, 0.15) is 41.5 Å². The van der Waals surface area contributed by atoms with Crippen LogP contribution in [0.3, 0.4) is 0 Å². The average Bonchev–Trinajstić information content (AvgIpc) is 2.53. The number of hydrogen-bond acceptors (Lipinski definition) is 9. The molecule has 0 unspecified atom stereocenters. The van der Waals surface area contributed by atoms with Crippen molar-refractivity contribution in [1.82, 2.24) is 10.6 Å². The van der Waals surface area contributed by atoms with Gasteiger partial charge in [0.05, 0.1) is 31.4 Å². The normalized spacial score (nSPS) is 24.9. The summed E-state index contributed by atoms with van der Waals surface area (Å²) in [7, 11) is 0. The van der Waals surface area contributed by atoms with E-state index in [1.165, 1.54) is 13.0 Å². The van der Waals surface area contributed by atoms with E-state index in [4.69, 9.17) is 14.2 Å². The predicted molar refractivity (Wildman–Crippen MR) is 101 cm³/mol. The van der Waals surface area contributed by atoms with E-state index in [1.54, 1.807) is 34.6 Å². The SMILES string of the molecule is CCOC(=O)/C=C(\C)N[C@@H]1C(C(=O)OCC)=C(C)N[C@](C)(O)[C@H]1C(=O)OCC. The van der Waals surface area contributed by atoms with E-state index in [-0.39, 0.29) is 25.4 Å². The van der Waals surface area contributed by atoms with Crippen molar-refractivity contribution in [1.29, 1.82) is 0 Å². The maximum Gasteiger partial charge on any atom is 0.337 e. The molecule has 0 saturated heterocycles. The van der Waals surface area contributed by atoms with E-state index in [0.29, 0.717) is 11.4 Å². The molecule has 9 heteroatoms. The van der Waals surface area contributed by atoms with Crippen molar-refractivity contribution >= 4 is 17.9 Å². The van der Waals surface area contributed by atoms with Gasteiger partial charge >= 0.3 is 17.9 Å². The summed E-state index contributed by atoms with van der Waals surface area (Å²) in [6, 6.07) is -0.986. The maximum absolute atomic E-state index is 12.6. The zero-order chi connectivity index (χ0) is 21.5. The number of ether oxygens (including phenoxy) is 3. The molecular weight excluding hydrogens is 368 g/mol. The number of allylic oxidation sites excluding steroid dienone is 2. The lowest BCUT2D eigenvalue weighted by Crippen LogP contribution is -2.63. The fourth-order valence-corrected chi connectivity index (χ4v) is 3.14. The predicted octanol–water partition coefficient (Wildman–Crippen LogP) is 0.740. The van der Waals surface area contributed by atoms with Crippen LogP contribution >= 0.6 is 0 Å². The summed E-state index contributed by atoms with van der Waals surface area (Å²) in [5.41, 5.74) is -0.854. The van der Waals surface area contributed by atoms with Crippen molar-refractivity contribution in [2.75, 3.05) is 19.8 Å². The van der Waals surface area contributed by atoms with Crippen LogP contribution in [0.5, 0.6) is 0 Å². The Morgan fingerprint density at radius 2 is 1.71 bits per heavy atom. The van der Waals surface area contributed by atoms with E-state index < -0.39 is 35.6 Å². The summed E-state index contributed by atoms with van der Waals surface area (Å²) >= 11 is 0. The van der Waals surface area contributed by atoms with Gasteiger partial charge in [-0.25, -0.2) is 9.59 Å². The van der Waals surface area contributed by atoms with Gasteiger partial charge in [-0.2, -0.15) is 0 Å². The molecule has 3 N–H and O–H groups in total. The molecule has 0 saturated carbocycles. The summed E-state index contributed by atoms with van der Waals surface area (Å²) in [5.74, 6) is -3.09. The molecule has 1 aliphatic heterocycles. The molecule has 9 nitrogen and oxygen atoms in total. The van der Waals surface area contributed by atoms with Gasteiger partial charge in [0.2, 0.25) is 0 Å². The average molecular weight is 398 g/mol. The molecule has 0 radical (unpaired) electrons. The van der Waals surface area contributed by atoms with Gasteiger partial charge in [-0.3, -0.25) is 4.79 Å². The molecule has 1 rings (SSSR count). The topological polar surface area (TPSA) is 123 Å². The van der Waals surface area contributed by atoms with E-state index in [1.807, 2.05) is 0 Å². The second-order valence-electron chi connectivity index (χ2n) is 6.46. The third-order valence-corrected chi connectivity index (χ3v) is 4.13. The van der Waals surface area contributed by atoms with Gasteiger partial charge < -0.3 is 30.0 Å². The van der Waals surface area contributed by atoms with Gasteiger partial charge in [-0.15, -0.1) is 0 Å². The molecular formula is C19H30N2O7. The zero-order valence-corrected chi connectivity index (χ0v) is 17.3. The highest BCUT2D eigenvalue weighted by atomic mass is 16.5. The first-order valence-electron chi connectivity index (χ1n) is 9.25. The van der Waals surface area contributed by atoms with Crippen LogP contribution in [-0.4, -0.2) is 54.6 Å². The smallest absolute Gasteiger partial charge is 0.337 e. The summed E-state index contributed by atoms with van der Waals surface area (Å²) in [6.07, 6.45) is 1.21. The zero-order valence-electron chi connectivity index (χ0n) is 17.3. The number of hydrogen-bond donors (Lipinski definition) is 3. The Labute approximate surface area is 165 Å². The van der Waals surface area contributed by atoms with Crippen LogP contribution in [0.4, 0.5) is 0 Å². The molecule has 1 heterocycles. The fourth-order valence-electron chi connectivity index (χ4n) is 3.14. The Hall–Kier alpha value is -2.55. The highest BCUT2D eigenvalue weighted by Gasteiger charge is 2.51. The molecule has 0 bridgehead atoms. The van der Waals surface area contributed by atoms with Crippen molar-refractivity contribution in [3.63, 3.8) is 0 Å². The van der Waals surface area contributed by atoms with Crippen LogP contribution in [0.25, 0.3) is 0 Å². The van der Waals surface area contributed by atoms with Gasteiger partial charge in [0.15, 0.2) is 0 Å². The third kappa shape index (κ3) is 5.72. The number of carbonyl (C=O) groups excluding carboxylic acids is 3. The summed E-state index contributed by atoms with van der Waals surface area (Å²) < 4.78 is 15.1. The monoisotopic (exact) mass is 398 g/mol. The molecule has 3 atom stereocenters. The Kier molecular flexibility index (Phi) is 8.49. The molecule has 0 spiro atoms. The van der Waals surface area contributed by atoms with Crippen molar-refractivity contribution in [3.8, 4) is 0 Å². The van der Waals surface area contributed by atoms with E-state index in [0.717, 1.165) is 0 Å². The second kappa shape index (κ2) is 10.1. The lowest BCUT2D eigenvalue weighted by atomic mass is 9.80. The van der Waals surface area contributed by atoms with E-state index in [2.05, 4.69) is 10.6 Å². The molecule has 0 aromatic carbocycles. The van der Waals surface area contributed by atoms with Crippen LogP contribution in [0, 0.1) is 5.92 Å². The Morgan fingerprint density at radius 1 is 1.14 bits per heavy atom. The second-order valence-corrected chi connectivity index (χ2v) is 6.46. The van der Waals surface area contributed by atoms with Gasteiger partial charge in [-0.1, -0.05) is 0 Å². The Morgan fingerprint density at radius 3 is 2.25 bits per heavy atom. The number of carbonyl (C=O) groups is 3. The van der Waals surface area contributed by atoms with Crippen molar-refractivity contribution < 1.29 is 33.7 Å². The molecule has 28 heavy (non-hydrogen) atoms. The molecule has 0 aromatic heterocycles. The maximum atomic E-state index is 12.6. The van der Waals surface area contributed by atoms with Crippen LogP contribution in [0.15, 0.2) is 23.0 Å². The first-order chi connectivity index (χ1) is 13.1. The van der Waals surface area contributed by atoms with Crippen molar-refractivity contribution in [2.24, 2.45) is 5.92 Å². The molecule has 0 amide bonds. The molecule has 0 aromatic rings. The molecule has 1 aliphatic rings. The number of aliphatic hydroxyl groups is 1. The fraction of sp³-hybridized carbons (Fsp3) is 0.632. The molecule has 0 aliphatic carbocycles.